The molecule has 21 heavy (non-hydrogen) atoms. The van der Waals surface area contributed by atoms with Gasteiger partial charge in [-0.1, -0.05) is 12.1 Å². The average Bonchev–Trinajstić information content (AvgIpc) is 2.46. The number of methoxy groups -OCH3 is 1. The highest BCUT2D eigenvalue weighted by atomic mass is 19.1. The molecule has 0 aliphatic heterocycles. The van der Waals surface area contributed by atoms with Crippen LogP contribution in [0.3, 0.4) is 0 Å². The van der Waals surface area contributed by atoms with Crippen LogP contribution >= 0.6 is 0 Å². The van der Waals surface area contributed by atoms with Crippen molar-refractivity contribution in [2.75, 3.05) is 7.11 Å². The van der Waals surface area contributed by atoms with Crippen molar-refractivity contribution in [2.24, 2.45) is 0 Å². The quantitative estimate of drug-likeness (QED) is 0.784. The van der Waals surface area contributed by atoms with Crippen LogP contribution < -0.4 is 9.47 Å². The van der Waals surface area contributed by atoms with Gasteiger partial charge in [0.15, 0.2) is 17.3 Å². The second-order valence-electron chi connectivity index (χ2n) is 4.87. The zero-order chi connectivity index (χ0) is 15.4. The van der Waals surface area contributed by atoms with Gasteiger partial charge in [0.1, 0.15) is 5.75 Å². The van der Waals surface area contributed by atoms with Gasteiger partial charge in [0, 0.05) is 11.1 Å². The Balaban J connectivity index is 2.31. The molecule has 0 aromatic heterocycles. The molecule has 2 aromatic carbocycles. The van der Waals surface area contributed by atoms with Gasteiger partial charge in [0.05, 0.1) is 13.2 Å². The molecule has 0 saturated heterocycles. The molecule has 0 spiro atoms. The van der Waals surface area contributed by atoms with Crippen molar-refractivity contribution in [1.29, 1.82) is 0 Å². The fourth-order valence-electron chi connectivity index (χ4n) is 1.95. The Morgan fingerprint density at radius 1 is 1.10 bits per heavy atom. The van der Waals surface area contributed by atoms with Crippen LogP contribution in [0.5, 0.6) is 11.5 Å². The molecule has 3 nitrogen and oxygen atoms in total. The molecule has 0 radical (unpaired) electrons. The van der Waals surface area contributed by atoms with Crippen LogP contribution in [0.15, 0.2) is 42.5 Å². The fourth-order valence-corrected chi connectivity index (χ4v) is 1.95. The number of hydrogen-bond acceptors (Lipinski definition) is 3. The molecule has 0 fully saturated rings. The maximum atomic E-state index is 13.4. The first-order chi connectivity index (χ1) is 10.0. The average molecular weight is 288 g/mol. The van der Waals surface area contributed by atoms with E-state index >= 15 is 0 Å². The maximum absolute atomic E-state index is 13.4. The van der Waals surface area contributed by atoms with E-state index in [1.54, 1.807) is 24.3 Å². The second-order valence-corrected chi connectivity index (χ2v) is 4.87. The van der Waals surface area contributed by atoms with E-state index in [0.29, 0.717) is 16.9 Å². The van der Waals surface area contributed by atoms with Crippen molar-refractivity contribution in [3.63, 3.8) is 0 Å². The highest BCUT2D eigenvalue weighted by molar-refractivity contribution is 6.09. The minimum atomic E-state index is -0.494. The Morgan fingerprint density at radius 3 is 2.48 bits per heavy atom. The Hall–Kier alpha value is -2.36. The maximum Gasteiger partial charge on any atom is 0.193 e. The van der Waals surface area contributed by atoms with Gasteiger partial charge in [-0.05, 0) is 44.2 Å². The summed E-state index contributed by atoms with van der Waals surface area (Å²) < 4.78 is 23.9. The zero-order valence-corrected chi connectivity index (χ0v) is 12.2. The summed E-state index contributed by atoms with van der Waals surface area (Å²) in [6.07, 6.45) is 0.0290. The van der Waals surface area contributed by atoms with Crippen LogP contribution in [0.1, 0.15) is 29.8 Å². The van der Waals surface area contributed by atoms with Gasteiger partial charge in [-0.2, -0.15) is 0 Å². The van der Waals surface area contributed by atoms with Gasteiger partial charge >= 0.3 is 0 Å². The van der Waals surface area contributed by atoms with E-state index in [2.05, 4.69) is 0 Å². The van der Waals surface area contributed by atoms with E-state index in [1.165, 1.54) is 25.3 Å². The van der Waals surface area contributed by atoms with E-state index < -0.39 is 5.82 Å². The third-order valence-electron chi connectivity index (χ3n) is 2.88. The molecule has 110 valence electrons. The lowest BCUT2D eigenvalue weighted by atomic mass is 10.0. The molecule has 0 atom stereocenters. The normalized spacial score (nSPS) is 10.5. The van der Waals surface area contributed by atoms with Gasteiger partial charge in [0.2, 0.25) is 0 Å². The number of carbonyl (C=O) groups excluding carboxylic acids is 1. The summed E-state index contributed by atoms with van der Waals surface area (Å²) >= 11 is 0. The van der Waals surface area contributed by atoms with Crippen molar-refractivity contribution in [3.8, 4) is 11.5 Å². The first-order valence-electron chi connectivity index (χ1n) is 6.66. The lowest BCUT2D eigenvalue weighted by molar-refractivity contribution is 0.103. The van der Waals surface area contributed by atoms with E-state index in [-0.39, 0.29) is 17.6 Å². The Morgan fingerprint density at radius 2 is 1.81 bits per heavy atom. The highest BCUT2D eigenvalue weighted by Gasteiger charge is 2.13. The standard InChI is InChI=1S/C17H17FO3/c1-11(2)21-14-6-4-5-12(9-14)17(19)13-7-8-15(18)16(10-13)20-3/h4-11H,1-3H3. The summed E-state index contributed by atoms with van der Waals surface area (Å²) in [5.74, 6) is -0.0196. The number of halogens is 1. The predicted octanol–water partition coefficient (Wildman–Crippen LogP) is 3.85. The number of carbonyl (C=O) groups is 1. The van der Waals surface area contributed by atoms with Gasteiger partial charge in [0.25, 0.3) is 0 Å². The van der Waals surface area contributed by atoms with Crippen LogP contribution in [0.25, 0.3) is 0 Å². The lowest BCUT2D eigenvalue weighted by Crippen LogP contribution is -2.07. The first kappa shape index (κ1) is 15.0. The summed E-state index contributed by atoms with van der Waals surface area (Å²) in [5.41, 5.74) is 0.858. The largest absolute Gasteiger partial charge is 0.494 e. The number of ketones is 1. The third-order valence-corrected chi connectivity index (χ3v) is 2.88. The molecular formula is C17H17FO3. The van der Waals surface area contributed by atoms with Gasteiger partial charge in [-0.25, -0.2) is 4.39 Å². The number of rotatable bonds is 5. The molecule has 2 aromatic rings. The Kier molecular flexibility index (Phi) is 4.58. The summed E-state index contributed by atoms with van der Waals surface area (Å²) in [7, 11) is 1.36. The highest BCUT2D eigenvalue weighted by Crippen LogP contribution is 2.22. The van der Waals surface area contributed by atoms with E-state index in [9.17, 15) is 9.18 Å². The van der Waals surface area contributed by atoms with E-state index in [4.69, 9.17) is 9.47 Å². The molecule has 0 amide bonds. The van der Waals surface area contributed by atoms with Crippen LogP contribution in [0, 0.1) is 5.82 Å². The Labute approximate surface area is 123 Å². The van der Waals surface area contributed by atoms with Crippen LogP contribution in [0.4, 0.5) is 4.39 Å². The molecule has 4 heteroatoms. The van der Waals surface area contributed by atoms with Crippen LogP contribution in [-0.4, -0.2) is 19.0 Å². The predicted molar refractivity (Wildman–Crippen MR) is 78.6 cm³/mol. The van der Waals surface area contributed by atoms with Gasteiger partial charge < -0.3 is 9.47 Å². The summed E-state index contributed by atoms with van der Waals surface area (Å²) in [4.78, 5) is 12.4. The second kappa shape index (κ2) is 6.39. The molecule has 0 bridgehead atoms. The first-order valence-corrected chi connectivity index (χ1v) is 6.66. The smallest absolute Gasteiger partial charge is 0.193 e. The minimum Gasteiger partial charge on any atom is -0.494 e. The monoisotopic (exact) mass is 288 g/mol. The van der Waals surface area contributed by atoms with Crippen molar-refractivity contribution in [2.45, 2.75) is 20.0 Å². The molecule has 0 heterocycles. The lowest BCUT2D eigenvalue weighted by Gasteiger charge is -2.11. The molecular weight excluding hydrogens is 271 g/mol. The van der Waals surface area contributed by atoms with Crippen molar-refractivity contribution in [3.05, 3.63) is 59.4 Å². The number of hydrogen-bond donors (Lipinski definition) is 0. The topological polar surface area (TPSA) is 35.5 Å². The van der Waals surface area contributed by atoms with E-state index in [1.807, 2.05) is 13.8 Å². The van der Waals surface area contributed by atoms with Crippen LogP contribution in [-0.2, 0) is 0 Å². The Bertz CT molecular complexity index is 650. The molecule has 0 aliphatic rings. The molecule has 2 rings (SSSR count). The van der Waals surface area contributed by atoms with Crippen molar-refractivity contribution >= 4 is 5.78 Å². The molecule has 0 N–H and O–H groups in total. The summed E-state index contributed by atoms with van der Waals surface area (Å²) in [6.45, 7) is 3.83. The van der Waals surface area contributed by atoms with Crippen molar-refractivity contribution in [1.82, 2.24) is 0 Å². The molecule has 0 unspecified atom stereocenters. The fraction of sp³-hybridized carbons (Fsp3) is 0.235. The SMILES string of the molecule is COc1cc(C(=O)c2cccc(OC(C)C)c2)ccc1F. The van der Waals surface area contributed by atoms with Crippen molar-refractivity contribution < 1.29 is 18.7 Å². The van der Waals surface area contributed by atoms with Gasteiger partial charge in [-0.3, -0.25) is 4.79 Å². The molecule has 0 aliphatic carbocycles. The summed E-state index contributed by atoms with van der Waals surface area (Å²) in [5, 5.41) is 0. The number of ether oxygens (including phenoxy) is 2. The molecule has 0 saturated carbocycles. The third kappa shape index (κ3) is 3.60. The van der Waals surface area contributed by atoms with Crippen LogP contribution in [0.2, 0.25) is 0 Å². The minimum absolute atomic E-state index is 0.0290. The summed E-state index contributed by atoms with van der Waals surface area (Å²) in [6, 6.07) is 11.0. The number of benzene rings is 2. The van der Waals surface area contributed by atoms with Gasteiger partial charge in [-0.15, -0.1) is 0 Å². The zero-order valence-electron chi connectivity index (χ0n) is 12.2. The van der Waals surface area contributed by atoms with E-state index in [0.717, 1.165) is 0 Å².